The Morgan fingerprint density at radius 1 is 0.884 bits per heavy atom. The lowest BCUT2D eigenvalue weighted by atomic mass is 9.94. The summed E-state index contributed by atoms with van der Waals surface area (Å²) in [5, 5.41) is 3.24. The van der Waals surface area contributed by atoms with Gasteiger partial charge in [0.25, 0.3) is 0 Å². The van der Waals surface area contributed by atoms with Crippen LogP contribution in [0.3, 0.4) is 0 Å². The van der Waals surface area contributed by atoms with E-state index in [0.29, 0.717) is 12.1 Å². The molecule has 1 atom stereocenters. The fourth-order valence-corrected chi connectivity index (χ4v) is 6.82. The average Bonchev–Trinajstić information content (AvgIpc) is 2.99. The van der Waals surface area contributed by atoms with Crippen molar-refractivity contribution in [3.63, 3.8) is 0 Å². The van der Waals surface area contributed by atoms with Crippen molar-refractivity contribution in [2.45, 2.75) is 76.9 Å². The molecule has 3 aromatic rings. The van der Waals surface area contributed by atoms with E-state index < -0.39 is 28.5 Å². The summed E-state index contributed by atoms with van der Waals surface area (Å²) in [4.78, 5) is 30.0. The van der Waals surface area contributed by atoms with Crippen LogP contribution in [-0.4, -0.2) is 50.0 Å². The lowest BCUT2D eigenvalue weighted by Gasteiger charge is -2.35. The smallest absolute Gasteiger partial charge is 0.244 e. The molecular formula is C34H42BrN3O4S. The highest BCUT2D eigenvalue weighted by molar-refractivity contribution is 9.10. The van der Waals surface area contributed by atoms with Gasteiger partial charge in [0, 0.05) is 23.5 Å². The van der Waals surface area contributed by atoms with Gasteiger partial charge in [0.1, 0.15) is 12.6 Å². The largest absolute Gasteiger partial charge is 0.352 e. The van der Waals surface area contributed by atoms with E-state index in [1.165, 1.54) is 4.31 Å². The third kappa shape index (κ3) is 9.16. The van der Waals surface area contributed by atoms with E-state index in [9.17, 15) is 18.0 Å². The number of hydrogen-bond donors (Lipinski definition) is 1. The standard InChI is InChI=1S/C34H42BrN3O4S/c1-25(2)30-16-10-11-17-31(30)38(43(3,41)42)24-33(39)37(23-27-18-20-28(35)21-19-27)32(22-26-12-6-4-7-13-26)34(40)36-29-14-8-5-9-15-29/h4,6-7,10-13,16-21,25,29,32H,5,8-9,14-15,22-24H2,1-3H3,(H,36,40). The van der Waals surface area contributed by atoms with Gasteiger partial charge >= 0.3 is 0 Å². The Morgan fingerprint density at radius 3 is 2.14 bits per heavy atom. The summed E-state index contributed by atoms with van der Waals surface area (Å²) in [5.41, 5.74) is 3.07. The number of anilines is 1. The number of carbonyl (C=O) groups excluding carboxylic acids is 2. The molecule has 0 heterocycles. The summed E-state index contributed by atoms with van der Waals surface area (Å²) in [7, 11) is -3.83. The Labute approximate surface area is 264 Å². The van der Waals surface area contributed by atoms with Gasteiger partial charge in [-0.2, -0.15) is 0 Å². The number of nitrogens with zero attached hydrogens (tertiary/aromatic N) is 2. The molecule has 0 aromatic heterocycles. The first-order valence-corrected chi connectivity index (χ1v) is 17.6. The summed E-state index contributed by atoms with van der Waals surface area (Å²) < 4.78 is 28.5. The number of amides is 2. The van der Waals surface area contributed by atoms with E-state index >= 15 is 0 Å². The molecule has 7 nitrogen and oxygen atoms in total. The number of sulfonamides is 1. The SMILES string of the molecule is CC(C)c1ccccc1N(CC(=O)N(Cc1ccc(Br)cc1)C(Cc1ccccc1)C(=O)NC1CCCCC1)S(C)(=O)=O. The zero-order chi connectivity index (χ0) is 31.0. The quantitative estimate of drug-likeness (QED) is 0.241. The van der Waals surface area contributed by atoms with Crippen LogP contribution in [0.2, 0.25) is 0 Å². The highest BCUT2D eigenvalue weighted by Gasteiger charge is 2.34. The molecule has 43 heavy (non-hydrogen) atoms. The number of halogens is 1. The molecule has 0 bridgehead atoms. The van der Waals surface area contributed by atoms with Gasteiger partial charge in [-0.1, -0.05) is 110 Å². The Kier molecular flexibility index (Phi) is 11.4. The number of nitrogens with one attached hydrogen (secondary N) is 1. The fraction of sp³-hybridized carbons (Fsp3) is 0.412. The van der Waals surface area contributed by atoms with Crippen LogP contribution in [0.4, 0.5) is 5.69 Å². The molecule has 1 fully saturated rings. The van der Waals surface area contributed by atoms with Crippen LogP contribution in [0.5, 0.6) is 0 Å². The molecule has 4 rings (SSSR count). The molecule has 0 radical (unpaired) electrons. The van der Waals surface area contributed by atoms with Crippen LogP contribution in [0.25, 0.3) is 0 Å². The predicted molar refractivity (Wildman–Crippen MR) is 176 cm³/mol. The van der Waals surface area contributed by atoms with Gasteiger partial charge in [-0.05, 0) is 53.6 Å². The number of hydrogen-bond acceptors (Lipinski definition) is 4. The van der Waals surface area contributed by atoms with Crippen molar-refractivity contribution in [1.29, 1.82) is 0 Å². The Bertz CT molecular complexity index is 1470. The minimum Gasteiger partial charge on any atom is -0.352 e. The van der Waals surface area contributed by atoms with Crippen molar-refractivity contribution in [1.82, 2.24) is 10.2 Å². The van der Waals surface area contributed by atoms with Crippen LogP contribution >= 0.6 is 15.9 Å². The maximum atomic E-state index is 14.4. The number of rotatable bonds is 12. The first-order valence-electron chi connectivity index (χ1n) is 15.0. The van der Waals surface area contributed by atoms with Gasteiger partial charge in [0.2, 0.25) is 21.8 Å². The van der Waals surface area contributed by atoms with E-state index in [1.54, 1.807) is 17.0 Å². The van der Waals surface area contributed by atoms with Gasteiger partial charge in [-0.15, -0.1) is 0 Å². The number of para-hydroxylation sites is 1. The molecule has 1 aliphatic rings. The van der Waals surface area contributed by atoms with Gasteiger partial charge in [-0.3, -0.25) is 13.9 Å². The molecule has 1 saturated carbocycles. The van der Waals surface area contributed by atoms with Crippen LogP contribution < -0.4 is 9.62 Å². The summed E-state index contributed by atoms with van der Waals surface area (Å²) in [6.45, 7) is 3.73. The first kappa shape index (κ1) is 32.7. The minimum absolute atomic E-state index is 0.0431. The highest BCUT2D eigenvalue weighted by atomic mass is 79.9. The number of carbonyl (C=O) groups is 2. The van der Waals surface area contributed by atoms with Crippen molar-refractivity contribution in [2.24, 2.45) is 0 Å². The average molecular weight is 669 g/mol. The monoisotopic (exact) mass is 667 g/mol. The highest BCUT2D eigenvalue weighted by Crippen LogP contribution is 2.29. The summed E-state index contributed by atoms with van der Waals surface area (Å²) in [5.74, 6) is -0.608. The summed E-state index contributed by atoms with van der Waals surface area (Å²) >= 11 is 3.47. The molecular weight excluding hydrogens is 626 g/mol. The van der Waals surface area contributed by atoms with Gasteiger partial charge in [-0.25, -0.2) is 8.42 Å². The number of benzene rings is 3. The first-order chi connectivity index (χ1) is 20.5. The van der Waals surface area contributed by atoms with Gasteiger partial charge in [0.05, 0.1) is 11.9 Å². The maximum absolute atomic E-state index is 14.4. The normalized spacial score (nSPS) is 14.7. The maximum Gasteiger partial charge on any atom is 0.244 e. The molecule has 1 N–H and O–H groups in total. The Hall–Kier alpha value is -3.17. The third-order valence-electron chi connectivity index (χ3n) is 8.00. The molecule has 0 aliphatic heterocycles. The van der Waals surface area contributed by atoms with Crippen LogP contribution in [0, 0.1) is 0 Å². The van der Waals surface area contributed by atoms with E-state index in [-0.39, 0.29) is 24.4 Å². The lowest BCUT2D eigenvalue weighted by Crippen LogP contribution is -2.55. The zero-order valence-corrected chi connectivity index (χ0v) is 27.6. The Balaban J connectivity index is 1.74. The summed E-state index contributed by atoms with van der Waals surface area (Å²) in [6, 6.07) is 23.8. The van der Waals surface area contributed by atoms with Crippen LogP contribution in [-0.2, 0) is 32.6 Å². The minimum atomic E-state index is -3.83. The fourth-order valence-electron chi connectivity index (χ4n) is 5.68. The topological polar surface area (TPSA) is 86.8 Å². The second kappa shape index (κ2) is 15.0. The van der Waals surface area contributed by atoms with Crippen molar-refractivity contribution in [3.8, 4) is 0 Å². The van der Waals surface area contributed by atoms with E-state index in [2.05, 4.69) is 21.2 Å². The second-order valence-corrected chi connectivity index (χ2v) is 14.5. The summed E-state index contributed by atoms with van der Waals surface area (Å²) in [6.07, 6.45) is 6.55. The van der Waals surface area contributed by atoms with E-state index in [4.69, 9.17) is 0 Å². The molecule has 9 heteroatoms. The molecule has 1 unspecified atom stereocenters. The molecule has 1 aliphatic carbocycles. The third-order valence-corrected chi connectivity index (χ3v) is 9.65. The molecule has 0 saturated heterocycles. The Morgan fingerprint density at radius 2 is 1.51 bits per heavy atom. The van der Waals surface area contributed by atoms with Crippen molar-refractivity contribution in [2.75, 3.05) is 17.1 Å². The van der Waals surface area contributed by atoms with Crippen molar-refractivity contribution < 1.29 is 18.0 Å². The van der Waals surface area contributed by atoms with E-state index in [0.717, 1.165) is 59.5 Å². The zero-order valence-electron chi connectivity index (χ0n) is 25.2. The molecule has 3 aromatic carbocycles. The van der Waals surface area contributed by atoms with Gasteiger partial charge in [0.15, 0.2) is 0 Å². The van der Waals surface area contributed by atoms with Crippen LogP contribution in [0.1, 0.15) is 68.6 Å². The van der Waals surface area contributed by atoms with Crippen molar-refractivity contribution in [3.05, 3.63) is 100 Å². The predicted octanol–water partition coefficient (Wildman–Crippen LogP) is 6.43. The molecule has 230 valence electrons. The second-order valence-electron chi connectivity index (χ2n) is 11.7. The van der Waals surface area contributed by atoms with Crippen LogP contribution in [0.15, 0.2) is 83.3 Å². The van der Waals surface area contributed by atoms with E-state index in [1.807, 2.05) is 80.6 Å². The van der Waals surface area contributed by atoms with Gasteiger partial charge < -0.3 is 10.2 Å². The van der Waals surface area contributed by atoms with Crippen molar-refractivity contribution >= 4 is 43.5 Å². The molecule has 0 spiro atoms. The lowest BCUT2D eigenvalue weighted by molar-refractivity contribution is -0.140. The molecule has 2 amide bonds.